The fourth-order valence-electron chi connectivity index (χ4n) is 5.90. The molecule has 1 amide bonds. The average Bonchev–Trinajstić information content (AvgIpc) is 3.49. The number of rotatable bonds is 6. The van der Waals surface area contributed by atoms with Crippen molar-refractivity contribution in [1.29, 1.82) is 0 Å². The zero-order valence-electron chi connectivity index (χ0n) is 23.2. The van der Waals surface area contributed by atoms with Gasteiger partial charge in [-0.05, 0) is 82.8 Å². The first-order valence-corrected chi connectivity index (χ1v) is 13.4. The maximum absolute atomic E-state index is 12.5. The molecule has 1 aliphatic carbocycles. The fourth-order valence-corrected chi connectivity index (χ4v) is 5.90. The molecule has 5 rings (SSSR count). The van der Waals surface area contributed by atoms with Gasteiger partial charge in [0.1, 0.15) is 6.33 Å². The molecule has 37 heavy (non-hydrogen) atoms. The third kappa shape index (κ3) is 4.63. The molecule has 1 N–H and O–H groups in total. The van der Waals surface area contributed by atoms with E-state index in [0.717, 1.165) is 59.2 Å². The molecule has 0 unspecified atom stereocenters. The molecule has 8 heteroatoms. The summed E-state index contributed by atoms with van der Waals surface area (Å²) in [5.74, 6) is 0.931. The second-order valence-electron chi connectivity index (χ2n) is 11.3. The summed E-state index contributed by atoms with van der Waals surface area (Å²) in [6.07, 6.45) is 7.84. The molecule has 0 atom stereocenters. The van der Waals surface area contributed by atoms with E-state index in [1.54, 1.807) is 6.33 Å². The van der Waals surface area contributed by atoms with Crippen LogP contribution in [0.5, 0.6) is 0 Å². The van der Waals surface area contributed by atoms with Crippen molar-refractivity contribution >= 4 is 22.6 Å². The molecule has 0 saturated heterocycles. The number of carbonyl (C=O) groups excluding carboxylic acids is 1. The van der Waals surface area contributed by atoms with Crippen molar-refractivity contribution < 1.29 is 4.79 Å². The molecule has 1 saturated carbocycles. The van der Waals surface area contributed by atoms with Gasteiger partial charge in [-0.1, -0.05) is 13.8 Å². The lowest BCUT2D eigenvalue weighted by Crippen LogP contribution is -2.43. The van der Waals surface area contributed by atoms with Gasteiger partial charge >= 0.3 is 0 Å². The first kappa shape index (κ1) is 25.4. The van der Waals surface area contributed by atoms with Gasteiger partial charge in [0.25, 0.3) is 0 Å². The van der Waals surface area contributed by atoms with E-state index < -0.39 is 0 Å². The van der Waals surface area contributed by atoms with E-state index in [2.05, 4.69) is 61.1 Å². The van der Waals surface area contributed by atoms with Crippen LogP contribution in [-0.2, 0) is 4.79 Å². The molecule has 196 valence electrons. The number of nitrogens with one attached hydrogen (secondary N) is 1. The molecule has 4 heterocycles. The van der Waals surface area contributed by atoms with E-state index in [1.807, 2.05) is 35.5 Å². The number of pyridine rings is 2. The fraction of sp³-hybridized carbons (Fsp3) is 0.517. The van der Waals surface area contributed by atoms with Crippen LogP contribution in [0.1, 0.15) is 73.8 Å². The van der Waals surface area contributed by atoms with Gasteiger partial charge in [-0.15, -0.1) is 0 Å². The second kappa shape index (κ2) is 9.89. The number of amides is 1. The molecule has 1 fully saturated rings. The lowest BCUT2D eigenvalue weighted by atomic mass is 9.83. The summed E-state index contributed by atoms with van der Waals surface area (Å²) >= 11 is 0. The van der Waals surface area contributed by atoms with Gasteiger partial charge < -0.3 is 14.8 Å². The first-order chi connectivity index (χ1) is 17.7. The van der Waals surface area contributed by atoms with Gasteiger partial charge in [-0.3, -0.25) is 9.78 Å². The van der Waals surface area contributed by atoms with Crippen LogP contribution in [0, 0.1) is 13.8 Å². The average molecular weight is 502 g/mol. The van der Waals surface area contributed by atoms with Crippen LogP contribution in [0.15, 0.2) is 24.7 Å². The Bertz CT molecular complexity index is 1440. The van der Waals surface area contributed by atoms with Crippen molar-refractivity contribution in [2.45, 2.75) is 71.3 Å². The largest absolute Gasteiger partial charge is 0.353 e. The molecule has 8 nitrogen and oxygen atoms in total. The Morgan fingerprint density at radius 2 is 1.84 bits per heavy atom. The van der Waals surface area contributed by atoms with Crippen molar-refractivity contribution in [3.05, 3.63) is 47.0 Å². The van der Waals surface area contributed by atoms with Gasteiger partial charge in [0, 0.05) is 42.0 Å². The predicted molar refractivity (Wildman–Crippen MR) is 148 cm³/mol. The van der Waals surface area contributed by atoms with Gasteiger partial charge in [-0.2, -0.15) is 5.10 Å². The highest BCUT2D eigenvalue weighted by atomic mass is 16.2. The number of H-pyrrole nitrogens is 1. The highest BCUT2D eigenvalue weighted by Gasteiger charge is 2.29. The number of likely N-dealkylation sites (N-methyl/N-ethyl adjacent to an activating group) is 2. The third-order valence-corrected chi connectivity index (χ3v) is 8.18. The minimum Gasteiger partial charge on any atom is -0.353 e. The van der Waals surface area contributed by atoms with Crippen LogP contribution < -0.4 is 0 Å². The lowest BCUT2D eigenvalue weighted by molar-refractivity contribution is -0.133. The number of fused-ring (bicyclic) bond motifs is 2. The normalized spacial score (nSPS) is 18.4. The van der Waals surface area contributed by atoms with Crippen molar-refractivity contribution in [1.82, 2.24) is 34.4 Å². The highest BCUT2D eigenvalue weighted by Crippen LogP contribution is 2.39. The van der Waals surface area contributed by atoms with Crippen molar-refractivity contribution in [2.24, 2.45) is 0 Å². The Kier molecular flexibility index (Phi) is 6.79. The molecule has 4 aromatic heterocycles. The number of aromatic nitrogens is 5. The lowest BCUT2D eigenvalue weighted by Gasteiger charge is -2.35. The van der Waals surface area contributed by atoms with Crippen LogP contribution in [-0.4, -0.2) is 74.0 Å². The maximum Gasteiger partial charge on any atom is 0.236 e. The Hall–Kier alpha value is -3.26. The minimum absolute atomic E-state index is 0.198. The van der Waals surface area contributed by atoms with Crippen LogP contribution in [0.25, 0.3) is 27.9 Å². The van der Waals surface area contributed by atoms with Gasteiger partial charge in [0.15, 0.2) is 5.65 Å². The number of nitrogens with zero attached hydrogens (tertiary/aromatic N) is 6. The number of aryl methyl sites for hydroxylation is 1. The zero-order chi connectivity index (χ0) is 26.4. The van der Waals surface area contributed by atoms with Crippen LogP contribution in [0.3, 0.4) is 0 Å². The second-order valence-corrected chi connectivity index (χ2v) is 11.3. The summed E-state index contributed by atoms with van der Waals surface area (Å²) in [7, 11) is 5.84. The SMILES string of the molecule is Cc1c(-c2[nH]c3ccc(C4CCC(N(C)C(=O)CN(C)C)CC4)nc3c2C(C)C)cn2ncnc2c1C. The Morgan fingerprint density at radius 3 is 2.51 bits per heavy atom. The van der Waals surface area contributed by atoms with E-state index in [4.69, 9.17) is 4.98 Å². The molecule has 1 aliphatic rings. The molecule has 4 aromatic rings. The molecular formula is C29H39N7O. The van der Waals surface area contributed by atoms with Crippen LogP contribution in [0.4, 0.5) is 0 Å². The highest BCUT2D eigenvalue weighted by molar-refractivity contribution is 5.89. The summed E-state index contributed by atoms with van der Waals surface area (Å²) in [5, 5.41) is 4.40. The van der Waals surface area contributed by atoms with Crippen LogP contribution in [0.2, 0.25) is 0 Å². The van der Waals surface area contributed by atoms with Crippen molar-refractivity contribution in [3.63, 3.8) is 0 Å². The number of aromatic amines is 1. The maximum atomic E-state index is 12.5. The molecule has 0 aliphatic heterocycles. The molecule has 0 bridgehead atoms. The monoisotopic (exact) mass is 501 g/mol. The van der Waals surface area contributed by atoms with E-state index in [0.29, 0.717) is 24.4 Å². The minimum atomic E-state index is 0.198. The Labute approximate surface area is 219 Å². The number of hydrogen-bond donors (Lipinski definition) is 1. The molecule has 0 radical (unpaired) electrons. The number of hydrogen-bond acceptors (Lipinski definition) is 5. The Balaban J connectivity index is 1.45. The Morgan fingerprint density at radius 1 is 1.11 bits per heavy atom. The standard InChI is InChI=1S/C29H39N7O/c1-17(2)26-27(22-14-36-29(30-16-31-36)19(4)18(22)3)33-24-13-12-23(32-28(24)26)20-8-10-21(11-9-20)35(7)25(37)15-34(5)6/h12-14,16-17,20-21,33H,8-11,15H2,1-7H3. The molecule has 0 aromatic carbocycles. The molecular weight excluding hydrogens is 462 g/mol. The van der Waals surface area contributed by atoms with Gasteiger partial charge in [0.05, 0.1) is 23.3 Å². The van der Waals surface area contributed by atoms with E-state index in [-0.39, 0.29) is 5.91 Å². The first-order valence-electron chi connectivity index (χ1n) is 13.4. The quantitative estimate of drug-likeness (QED) is 0.399. The topological polar surface area (TPSA) is 82.4 Å². The predicted octanol–water partition coefficient (Wildman–Crippen LogP) is 5.06. The van der Waals surface area contributed by atoms with Crippen molar-refractivity contribution in [3.8, 4) is 11.3 Å². The van der Waals surface area contributed by atoms with Crippen LogP contribution >= 0.6 is 0 Å². The van der Waals surface area contributed by atoms with Gasteiger partial charge in [-0.25, -0.2) is 9.50 Å². The summed E-state index contributed by atoms with van der Waals surface area (Å²) in [6.45, 7) is 9.21. The summed E-state index contributed by atoms with van der Waals surface area (Å²) in [4.78, 5) is 29.8. The number of carbonyl (C=O) groups is 1. The summed E-state index contributed by atoms with van der Waals surface area (Å²) in [5.41, 5.74) is 10.1. The summed E-state index contributed by atoms with van der Waals surface area (Å²) < 4.78 is 1.87. The van der Waals surface area contributed by atoms with E-state index >= 15 is 0 Å². The zero-order valence-corrected chi connectivity index (χ0v) is 23.2. The smallest absolute Gasteiger partial charge is 0.236 e. The van der Waals surface area contributed by atoms with E-state index in [9.17, 15) is 4.79 Å². The summed E-state index contributed by atoms with van der Waals surface area (Å²) in [6, 6.07) is 4.70. The molecule has 0 spiro atoms. The van der Waals surface area contributed by atoms with E-state index in [1.165, 1.54) is 16.8 Å². The third-order valence-electron chi connectivity index (χ3n) is 8.18. The van der Waals surface area contributed by atoms with Crippen molar-refractivity contribution in [2.75, 3.05) is 27.7 Å². The van der Waals surface area contributed by atoms with Gasteiger partial charge in [0.2, 0.25) is 5.91 Å².